The number of allylic oxidation sites excluding steroid dienone is 1. The average Bonchev–Trinajstić information content (AvgIpc) is 3.33. The van der Waals surface area contributed by atoms with Crippen molar-refractivity contribution in [2.75, 3.05) is 19.7 Å². The Hall–Kier alpha value is -2.06. The number of fused-ring (bicyclic) bond motifs is 1. The van der Waals surface area contributed by atoms with Crippen LogP contribution in [0.1, 0.15) is 24.8 Å². The third-order valence-corrected chi connectivity index (χ3v) is 5.31. The van der Waals surface area contributed by atoms with Gasteiger partial charge in [0.2, 0.25) is 0 Å². The highest BCUT2D eigenvalue weighted by Gasteiger charge is 2.32. The molecular formula is C19H19BrFN3O2S. The van der Waals surface area contributed by atoms with Crippen molar-refractivity contribution in [3.63, 3.8) is 0 Å². The van der Waals surface area contributed by atoms with Gasteiger partial charge in [-0.05, 0) is 38.0 Å². The van der Waals surface area contributed by atoms with Crippen LogP contribution in [0.2, 0.25) is 0 Å². The van der Waals surface area contributed by atoms with Gasteiger partial charge in [0.15, 0.2) is 10.8 Å². The van der Waals surface area contributed by atoms with E-state index in [0.29, 0.717) is 18.7 Å². The standard InChI is InChI=1S/C13H15N3O2S.C6H4BrF/c1-2-18-13(17)9-8-15-11(12-14-5-7-19-12)16-6-3-4-10(9)16;7-5-2-1-3-6(8)4-5/h5,7H,2-4,6,8H2,1H3;1-4H. The van der Waals surface area contributed by atoms with Crippen molar-refractivity contribution in [1.29, 1.82) is 0 Å². The maximum atomic E-state index is 12.1. The summed E-state index contributed by atoms with van der Waals surface area (Å²) in [6.45, 7) is 3.53. The van der Waals surface area contributed by atoms with Crippen LogP contribution in [0, 0.1) is 5.82 Å². The van der Waals surface area contributed by atoms with Gasteiger partial charge in [-0.15, -0.1) is 11.3 Å². The van der Waals surface area contributed by atoms with E-state index in [1.165, 1.54) is 12.1 Å². The molecule has 0 bridgehead atoms. The van der Waals surface area contributed by atoms with E-state index in [1.54, 1.807) is 29.7 Å². The highest BCUT2D eigenvalue weighted by Crippen LogP contribution is 2.31. The number of hydrogen-bond donors (Lipinski definition) is 0. The average molecular weight is 452 g/mol. The van der Waals surface area contributed by atoms with Crippen LogP contribution in [0.5, 0.6) is 0 Å². The number of nitrogens with zero attached hydrogens (tertiary/aromatic N) is 3. The predicted molar refractivity (Wildman–Crippen MR) is 107 cm³/mol. The zero-order valence-corrected chi connectivity index (χ0v) is 17.2. The van der Waals surface area contributed by atoms with Crippen LogP contribution >= 0.6 is 27.3 Å². The third-order valence-electron chi connectivity index (χ3n) is 4.04. The summed E-state index contributed by atoms with van der Waals surface area (Å²) in [5.74, 6) is 0.460. The Morgan fingerprint density at radius 2 is 2.30 bits per heavy atom. The summed E-state index contributed by atoms with van der Waals surface area (Å²) < 4.78 is 18.0. The van der Waals surface area contributed by atoms with Gasteiger partial charge >= 0.3 is 5.97 Å². The van der Waals surface area contributed by atoms with E-state index < -0.39 is 0 Å². The van der Waals surface area contributed by atoms with Gasteiger partial charge in [-0.2, -0.15) is 0 Å². The Balaban J connectivity index is 0.000000221. The van der Waals surface area contributed by atoms with Crippen molar-refractivity contribution in [3.8, 4) is 0 Å². The molecule has 0 N–H and O–H groups in total. The van der Waals surface area contributed by atoms with E-state index in [1.807, 2.05) is 12.3 Å². The third kappa shape index (κ3) is 4.81. The Morgan fingerprint density at radius 3 is 2.93 bits per heavy atom. The Kier molecular flexibility index (Phi) is 6.73. The molecule has 0 radical (unpaired) electrons. The maximum absolute atomic E-state index is 12.1. The number of esters is 1. The number of halogens is 2. The van der Waals surface area contributed by atoms with Gasteiger partial charge in [0, 0.05) is 28.3 Å². The minimum atomic E-state index is -0.230. The smallest absolute Gasteiger partial charge is 0.337 e. The lowest BCUT2D eigenvalue weighted by Gasteiger charge is -2.26. The number of aliphatic imine (C=N–C) groups is 1. The number of benzene rings is 1. The molecule has 8 heteroatoms. The van der Waals surface area contributed by atoms with Gasteiger partial charge in [-0.25, -0.2) is 14.2 Å². The Labute approximate surface area is 169 Å². The van der Waals surface area contributed by atoms with Crippen LogP contribution in [0.3, 0.4) is 0 Å². The first-order chi connectivity index (χ1) is 13.1. The monoisotopic (exact) mass is 451 g/mol. The second-order valence-electron chi connectivity index (χ2n) is 5.82. The quantitative estimate of drug-likeness (QED) is 0.648. The molecule has 3 heterocycles. The van der Waals surface area contributed by atoms with Crippen molar-refractivity contribution in [2.45, 2.75) is 19.8 Å². The number of rotatable bonds is 3. The van der Waals surface area contributed by atoms with Crippen LogP contribution in [0.25, 0.3) is 0 Å². The molecule has 2 aromatic rings. The van der Waals surface area contributed by atoms with Crippen LogP contribution in [0.4, 0.5) is 4.39 Å². The summed E-state index contributed by atoms with van der Waals surface area (Å²) in [5, 5.41) is 2.86. The minimum absolute atomic E-state index is 0.209. The predicted octanol–water partition coefficient (Wildman–Crippen LogP) is 4.40. The van der Waals surface area contributed by atoms with Gasteiger partial charge in [-0.3, -0.25) is 4.99 Å². The van der Waals surface area contributed by atoms with Gasteiger partial charge < -0.3 is 9.64 Å². The summed E-state index contributed by atoms with van der Waals surface area (Å²) in [6.07, 6.45) is 3.74. The van der Waals surface area contributed by atoms with E-state index in [9.17, 15) is 9.18 Å². The summed E-state index contributed by atoms with van der Waals surface area (Å²) >= 11 is 4.70. The summed E-state index contributed by atoms with van der Waals surface area (Å²) in [7, 11) is 0. The molecule has 27 heavy (non-hydrogen) atoms. The SMILES string of the molecule is CCOC(=O)C1=C2CCCN2C(c2nccs2)=NC1.Fc1cccc(Br)c1. The second-order valence-corrected chi connectivity index (χ2v) is 7.63. The Morgan fingerprint density at radius 1 is 1.44 bits per heavy atom. The number of thiazole rings is 1. The molecule has 1 saturated heterocycles. The number of carbonyl (C=O) groups excluding carboxylic acids is 1. The second kappa shape index (κ2) is 9.23. The molecule has 4 rings (SSSR count). The number of aromatic nitrogens is 1. The first-order valence-electron chi connectivity index (χ1n) is 8.62. The first kappa shape index (κ1) is 19.7. The molecule has 0 spiro atoms. The van der Waals surface area contributed by atoms with Crippen molar-refractivity contribution >= 4 is 39.1 Å². The van der Waals surface area contributed by atoms with Crippen LogP contribution in [-0.4, -0.2) is 41.4 Å². The normalized spacial score (nSPS) is 15.7. The molecule has 0 atom stereocenters. The van der Waals surface area contributed by atoms with Crippen molar-refractivity contribution in [3.05, 3.63) is 62.4 Å². The van der Waals surface area contributed by atoms with E-state index in [2.05, 4.69) is 30.8 Å². The van der Waals surface area contributed by atoms with Crippen LogP contribution < -0.4 is 0 Å². The summed E-state index contributed by atoms with van der Waals surface area (Å²) in [5.41, 5.74) is 1.78. The molecule has 2 aliphatic rings. The lowest BCUT2D eigenvalue weighted by atomic mass is 10.1. The fourth-order valence-electron chi connectivity index (χ4n) is 2.93. The van der Waals surface area contributed by atoms with Gasteiger partial charge in [-0.1, -0.05) is 22.0 Å². The molecule has 2 aliphatic heterocycles. The first-order valence-corrected chi connectivity index (χ1v) is 10.3. The van der Waals surface area contributed by atoms with Crippen LogP contribution in [0.15, 0.2) is 56.6 Å². The Bertz CT molecular complexity index is 850. The minimum Gasteiger partial charge on any atom is -0.463 e. The van der Waals surface area contributed by atoms with E-state index >= 15 is 0 Å². The van der Waals surface area contributed by atoms with E-state index in [4.69, 9.17) is 4.74 Å². The molecule has 0 unspecified atom stereocenters. The molecule has 1 aromatic carbocycles. The van der Waals surface area contributed by atoms with Crippen molar-refractivity contribution < 1.29 is 13.9 Å². The van der Waals surface area contributed by atoms with E-state index in [-0.39, 0.29) is 11.8 Å². The number of ether oxygens (including phenoxy) is 1. The van der Waals surface area contributed by atoms with Gasteiger partial charge in [0.25, 0.3) is 0 Å². The van der Waals surface area contributed by atoms with Crippen LogP contribution in [-0.2, 0) is 9.53 Å². The topological polar surface area (TPSA) is 54.8 Å². The molecule has 1 fully saturated rings. The largest absolute Gasteiger partial charge is 0.463 e. The fourth-order valence-corrected chi connectivity index (χ4v) is 3.95. The molecule has 142 valence electrons. The number of carbonyl (C=O) groups is 1. The molecule has 0 saturated carbocycles. The summed E-state index contributed by atoms with van der Waals surface area (Å²) in [6, 6.07) is 6.26. The zero-order valence-electron chi connectivity index (χ0n) is 14.8. The molecule has 5 nitrogen and oxygen atoms in total. The highest BCUT2D eigenvalue weighted by atomic mass is 79.9. The highest BCUT2D eigenvalue weighted by molar-refractivity contribution is 9.10. The lowest BCUT2D eigenvalue weighted by Crippen LogP contribution is -2.33. The van der Waals surface area contributed by atoms with Gasteiger partial charge in [0.05, 0.1) is 18.7 Å². The lowest BCUT2D eigenvalue weighted by molar-refractivity contribution is -0.138. The number of hydrogen-bond acceptors (Lipinski definition) is 6. The van der Waals surface area contributed by atoms with E-state index in [0.717, 1.165) is 40.4 Å². The molecule has 1 aromatic heterocycles. The molecule has 0 aliphatic carbocycles. The summed E-state index contributed by atoms with van der Waals surface area (Å²) in [4.78, 5) is 22.9. The zero-order chi connectivity index (χ0) is 19.2. The van der Waals surface area contributed by atoms with Gasteiger partial charge in [0.1, 0.15) is 5.82 Å². The maximum Gasteiger partial charge on any atom is 0.337 e. The molecular weight excluding hydrogens is 433 g/mol. The molecule has 0 amide bonds. The van der Waals surface area contributed by atoms with Crippen molar-refractivity contribution in [1.82, 2.24) is 9.88 Å². The van der Waals surface area contributed by atoms with Crippen molar-refractivity contribution in [2.24, 2.45) is 4.99 Å². The number of amidine groups is 1. The fraction of sp³-hybridized carbons (Fsp3) is 0.316.